The van der Waals surface area contributed by atoms with Crippen LogP contribution in [-0.2, 0) is 25.6 Å². The normalized spacial score (nSPS) is 12.8. The average Bonchev–Trinajstić information content (AvgIpc) is 2.77. The molecule has 8 heteroatoms. The van der Waals surface area contributed by atoms with Gasteiger partial charge in [0.25, 0.3) is 5.91 Å². The first-order chi connectivity index (χ1) is 16.5. The van der Waals surface area contributed by atoms with Crippen LogP contribution in [-0.4, -0.2) is 35.7 Å². The lowest BCUT2D eigenvalue weighted by Crippen LogP contribution is -2.58. The van der Waals surface area contributed by atoms with E-state index < -0.39 is 23.9 Å². The molecule has 2 atom stereocenters. The summed E-state index contributed by atoms with van der Waals surface area (Å²) >= 11 is 0. The van der Waals surface area contributed by atoms with E-state index in [1.54, 1.807) is 0 Å². The van der Waals surface area contributed by atoms with Crippen molar-refractivity contribution in [2.45, 2.75) is 92.2 Å². The Balaban J connectivity index is 2.56. The molecule has 0 aliphatic heterocycles. The van der Waals surface area contributed by atoms with Crippen LogP contribution in [0.1, 0.15) is 79.2 Å². The van der Waals surface area contributed by atoms with E-state index in [1.165, 1.54) is 5.56 Å². The largest absolute Gasteiger partial charge is 0.344 e. The molecule has 8 nitrogen and oxygen atoms in total. The molecule has 4 N–H and O–H groups in total. The van der Waals surface area contributed by atoms with Gasteiger partial charge in [-0.3, -0.25) is 30.0 Å². The molecule has 0 heterocycles. The maximum Gasteiger partial charge on any atom is 0.261 e. The van der Waals surface area contributed by atoms with Crippen LogP contribution in [0, 0.1) is 17.8 Å². The number of carbonyl (C=O) groups excluding carboxylic acids is 4. The van der Waals surface area contributed by atoms with Gasteiger partial charge in [-0.1, -0.05) is 71.9 Å². The molecule has 35 heavy (non-hydrogen) atoms. The number of rotatable bonds is 14. The zero-order valence-corrected chi connectivity index (χ0v) is 22.1. The van der Waals surface area contributed by atoms with Crippen molar-refractivity contribution >= 4 is 23.6 Å². The van der Waals surface area contributed by atoms with Crippen LogP contribution < -0.4 is 21.5 Å². The minimum absolute atomic E-state index is 0.175. The molecule has 0 aliphatic carbocycles. The molecule has 0 aromatic heterocycles. The molecule has 196 valence electrons. The van der Waals surface area contributed by atoms with Gasteiger partial charge in [-0.05, 0) is 49.0 Å². The van der Waals surface area contributed by atoms with Gasteiger partial charge in [0.15, 0.2) is 0 Å². The highest BCUT2D eigenvalue weighted by Gasteiger charge is 2.29. The molecule has 0 saturated heterocycles. The van der Waals surface area contributed by atoms with Gasteiger partial charge in [-0.2, -0.15) is 0 Å². The topological polar surface area (TPSA) is 116 Å². The van der Waals surface area contributed by atoms with E-state index in [0.717, 1.165) is 12.8 Å². The number of nitrogens with one attached hydrogen (secondary N) is 4. The lowest BCUT2D eigenvalue weighted by molar-refractivity contribution is -0.135. The average molecular weight is 489 g/mol. The number of hydrogen-bond acceptors (Lipinski definition) is 4. The Morgan fingerprint density at radius 1 is 0.743 bits per heavy atom. The lowest BCUT2D eigenvalue weighted by atomic mass is 9.99. The number of benzene rings is 1. The monoisotopic (exact) mass is 488 g/mol. The minimum Gasteiger partial charge on any atom is -0.344 e. The number of hydrazine groups is 1. The fourth-order valence-electron chi connectivity index (χ4n) is 3.65. The number of carbonyl (C=O) groups is 4. The third-order valence-corrected chi connectivity index (χ3v) is 5.49. The van der Waals surface area contributed by atoms with Crippen molar-refractivity contribution in [1.82, 2.24) is 21.5 Å². The van der Waals surface area contributed by atoms with Crippen LogP contribution in [0.5, 0.6) is 0 Å². The van der Waals surface area contributed by atoms with Gasteiger partial charge in [-0.25, -0.2) is 0 Å². The zero-order valence-electron chi connectivity index (χ0n) is 22.1. The number of aryl methyl sites for hydroxylation is 1. The molecule has 1 rings (SSSR count). The van der Waals surface area contributed by atoms with Crippen molar-refractivity contribution in [3.05, 3.63) is 35.9 Å². The van der Waals surface area contributed by atoms with Crippen molar-refractivity contribution < 1.29 is 19.2 Å². The second-order valence-electron chi connectivity index (χ2n) is 10.3. The van der Waals surface area contributed by atoms with Crippen LogP contribution in [0.25, 0.3) is 0 Å². The lowest BCUT2D eigenvalue weighted by Gasteiger charge is -2.26. The van der Waals surface area contributed by atoms with Gasteiger partial charge in [0.05, 0.1) is 0 Å². The van der Waals surface area contributed by atoms with Gasteiger partial charge in [0.1, 0.15) is 12.1 Å². The summed E-state index contributed by atoms with van der Waals surface area (Å²) in [7, 11) is 0. The fourth-order valence-corrected chi connectivity index (χ4v) is 3.65. The van der Waals surface area contributed by atoms with Crippen LogP contribution in [0.4, 0.5) is 0 Å². The van der Waals surface area contributed by atoms with Gasteiger partial charge < -0.3 is 10.6 Å². The van der Waals surface area contributed by atoms with E-state index in [0.29, 0.717) is 25.7 Å². The Morgan fingerprint density at radius 2 is 1.40 bits per heavy atom. The van der Waals surface area contributed by atoms with Crippen molar-refractivity contribution in [2.75, 3.05) is 0 Å². The van der Waals surface area contributed by atoms with Gasteiger partial charge in [0.2, 0.25) is 17.7 Å². The standard InChI is InChI=1S/C27H44N4O4/c1-18(2)16-22(28-24(33)17-19(3)4)26(34)29-25(20(5)6)27(35)31-30-23(32)15-11-10-14-21-12-8-7-9-13-21/h7-9,12-13,18-20,22,25H,10-11,14-17H2,1-6H3,(H,28,33)(H,29,34)(H,30,32)(H,31,35). The SMILES string of the molecule is CC(C)CC(=O)NC(CC(C)C)C(=O)NC(C(=O)NNC(=O)CCCCc1ccccc1)C(C)C. The molecule has 0 fully saturated rings. The summed E-state index contributed by atoms with van der Waals surface area (Å²) in [5, 5.41) is 5.56. The molecule has 0 saturated carbocycles. The van der Waals surface area contributed by atoms with Crippen molar-refractivity contribution in [3.63, 3.8) is 0 Å². The Hall–Kier alpha value is -2.90. The Kier molecular flexibility index (Phi) is 13.7. The number of unbranched alkanes of at least 4 members (excludes halogenated alkanes) is 1. The first-order valence-corrected chi connectivity index (χ1v) is 12.7. The summed E-state index contributed by atoms with van der Waals surface area (Å²) < 4.78 is 0. The molecule has 0 bridgehead atoms. The third kappa shape index (κ3) is 12.9. The quantitative estimate of drug-likeness (QED) is 0.238. The summed E-state index contributed by atoms with van der Waals surface area (Å²) in [5.74, 6) is -1.23. The maximum atomic E-state index is 13.0. The van der Waals surface area contributed by atoms with Crippen LogP contribution in [0.2, 0.25) is 0 Å². The van der Waals surface area contributed by atoms with Crippen LogP contribution >= 0.6 is 0 Å². The van der Waals surface area contributed by atoms with Crippen molar-refractivity contribution in [1.29, 1.82) is 0 Å². The van der Waals surface area contributed by atoms with E-state index in [9.17, 15) is 19.2 Å². The molecule has 0 radical (unpaired) electrons. The predicted octanol–water partition coefficient (Wildman–Crippen LogP) is 3.26. The summed E-state index contributed by atoms with van der Waals surface area (Å²) in [6.45, 7) is 11.4. The van der Waals surface area contributed by atoms with E-state index in [1.807, 2.05) is 59.7 Å². The first-order valence-electron chi connectivity index (χ1n) is 12.7. The predicted molar refractivity (Wildman–Crippen MR) is 138 cm³/mol. The highest BCUT2D eigenvalue weighted by Crippen LogP contribution is 2.10. The van der Waals surface area contributed by atoms with Crippen molar-refractivity contribution in [3.8, 4) is 0 Å². The third-order valence-electron chi connectivity index (χ3n) is 5.49. The summed E-state index contributed by atoms with van der Waals surface area (Å²) in [6, 6.07) is 8.49. The minimum atomic E-state index is -0.849. The van der Waals surface area contributed by atoms with E-state index in [4.69, 9.17) is 0 Å². The second kappa shape index (κ2) is 15.9. The molecule has 2 unspecified atom stereocenters. The zero-order chi connectivity index (χ0) is 26.4. The maximum absolute atomic E-state index is 13.0. The first kappa shape index (κ1) is 30.1. The van der Waals surface area contributed by atoms with Crippen LogP contribution in [0.15, 0.2) is 30.3 Å². The molecule has 1 aromatic carbocycles. The molecular formula is C27H44N4O4. The highest BCUT2D eigenvalue weighted by molar-refractivity contribution is 5.92. The fraction of sp³-hybridized carbons (Fsp3) is 0.630. The van der Waals surface area contributed by atoms with Crippen molar-refractivity contribution in [2.24, 2.45) is 17.8 Å². The van der Waals surface area contributed by atoms with E-state index in [-0.39, 0.29) is 29.6 Å². The van der Waals surface area contributed by atoms with E-state index in [2.05, 4.69) is 33.6 Å². The van der Waals surface area contributed by atoms with Gasteiger partial charge in [0, 0.05) is 12.8 Å². The molecule has 1 aromatic rings. The number of hydrogen-bond donors (Lipinski definition) is 4. The Bertz CT molecular complexity index is 809. The van der Waals surface area contributed by atoms with Gasteiger partial charge in [-0.15, -0.1) is 0 Å². The van der Waals surface area contributed by atoms with E-state index >= 15 is 0 Å². The molecule has 0 spiro atoms. The summed E-state index contributed by atoms with van der Waals surface area (Å²) in [5.41, 5.74) is 6.11. The Labute approximate surface area is 210 Å². The smallest absolute Gasteiger partial charge is 0.261 e. The molecule has 0 aliphatic rings. The highest BCUT2D eigenvalue weighted by atomic mass is 16.2. The number of amides is 4. The summed E-state index contributed by atoms with van der Waals surface area (Å²) in [4.78, 5) is 50.1. The Morgan fingerprint density at radius 3 is 1.97 bits per heavy atom. The molecule has 4 amide bonds. The second-order valence-corrected chi connectivity index (χ2v) is 10.3. The van der Waals surface area contributed by atoms with Crippen LogP contribution in [0.3, 0.4) is 0 Å². The summed E-state index contributed by atoms with van der Waals surface area (Å²) in [6.07, 6.45) is 3.55. The molecular weight excluding hydrogens is 444 g/mol. The van der Waals surface area contributed by atoms with Gasteiger partial charge >= 0.3 is 0 Å².